The van der Waals surface area contributed by atoms with Gasteiger partial charge in [0.25, 0.3) is 0 Å². The van der Waals surface area contributed by atoms with Crippen LogP contribution < -0.4 is 0 Å². The topological polar surface area (TPSA) is 34.4 Å². The molecule has 2 aromatic heterocycles. The van der Waals surface area contributed by atoms with Crippen molar-refractivity contribution < 1.29 is 13.6 Å². The van der Waals surface area contributed by atoms with Gasteiger partial charge in [0.05, 0.1) is 23.0 Å². The lowest BCUT2D eigenvalue weighted by atomic mass is 9.86. The molecule has 0 spiro atoms. The van der Waals surface area contributed by atoms with Gasteiger partial charge < -0.3 is 0 Å². The molecule has 2 rings (SSSR count). The maximum Gasteiger partial charge on any atom is 0.154 e. The van der Waals surface area contributed by atoms with Crippen LogP contribution in [0.25, 0.3) is 5.52 Å². The predicted molar refractivity (Wildman–Crippen MR) is 82.2 cm³/mol. The highest BCUT2D eigenvalue weighted by molar-refractivity contribution is 5.88. The number of pyridine rings is 1. The van der Waals surface area contributed by atoms with Crippen LogP contribution in [0.1, 0.15) is 43.2 Å². The number of carbonyl (C=O) groups is 1. The summed E-state index contributed by atoms with van der Waals surface area (Å²) in [5, 5.41) is 4.29. The molecule has 2 aromatic rings. The van der Waals surface area contributed by atoms with Crippen molar-refractivity contribution in [2.75, 3.05) is 0 Å². The predicted octanol–water partition coefficient (Wildman–Crippen LogP) is 4.38. The summed E-state index contributed by atoms with van der Waals surface area (Å²) in [6, 6.07) is 2.78. The molecule has 0 amide bonds. The SMILES string of the molecule is CC/C=C(F)\C=C/C(C)(C)c1nn2cc(F)ccc2c1C=O. The highest BCUT2D eigenvalue weighted by Gasteiger charge is 2.26. The van der Waals surface area contributed by atoms with Crippen LogP contribution in [0, 0.1) is 5.82 Å². The zero-order chi connectivity index (χ0) is 16.3. The molecule has 0 N–H and O–H groups in total. The minimum atomic E-state index is -0.669. The van der Waals surface area contributed by atoms with Crippen LogP contribution in [0.5, 0.6) is 0 Å². The van der Waals surface area contributed by atoms with Gasteiger partial charge in [-0.15, -0.1) is 0 Å². The van der Waals surface area contributed by atoms with E-state index in [9.17, 15) is 13.6 Å². The Kier molecular flexibility index (Phi) is 4.54. The third kappa shape index (κ3) is 3.13. The lowest BCUT2D eigenvalue weighted by Crippen LogP contribution is -2.16. The molecule has 2 heterocycles. The number of hydrogen-bond acceptors (Lipinski definition) is 2. The zero-order valence-corrected chi connectivity index (χ0v) is 12.8. The summed E-state index contributed by atoms with van der Waals surface area (Å²) in [6.07, 6.45) is 6.99. The van der Waals surface area contributed by atoms with Crippen molar-refractivity contribution in [3.05, 3.63) is 59.5 Å². The van der Waals surface area contributed by atoms with Gasteiger partial charge in [-0.1, -0.05) is 26.8 Å². The van der Waals surface area contributed by atoms with Gasteiger partial charge in [0, 0.05) is 5.41 Å². The highest BCUT2D eigenvalue weighted by Crippen LogP contribution is 2.29. The Balaban J connectivity index is 2.52. The fourth-order valence-electron chi connectivity index (χ4n) is 2.27. The van der Waals surface area contributed by atoms with E-state index in [4.69, 9.17) is 0 Å². The third-order valence-corrected chi connectivity index (χ3v) is 3.42. The normalized spacial score (nSPS) is 13.2. The standard InChI is InChI=1S/C17H18F2N2O/c1-4-5-12(18)8-9-17(2,3)16-14(11-22)15-7-6-13(19)10-21(15)20-16/h5-11H,4H2,1-3H3/b9-8-,12-5+. The molecule has 5 heteroatoms. The molecule has 0 unspecified atom stereocenters. The molecular weight excluding hydrogens is 286 g/mol. The van der Waals surface area contributed by atoms with Crippen LogP contribution in [0.15, 0.2) is 42.4 Å². The third-order valence-electron chi connectivity index (χ3n) is 3.42. The van der Waals surface area contributed by atoms with E-state index >= 15 is 0 Å². The Labute approximate surface area is 128 Å². The number of aldehydes is 1. The summed E-state index contributed by atoms with van der Waals surface area (Å²) in [6.45, 7) is 5.50. The van der Waals surface area contributed by atoms with Gasteiger partial charge in [-0.2, -0.15) is 5.10 Å². The monoisotopic (exact) mass is 304 g/mol. The molecule has 0 saturated heterocycles. The summed E-state index contributed by atoms with van der Waals surface area (Å²) < 4.78 is 28.2. The lowest BCUT2D eigenvalue weighted by Gasteiger charge is -2.18. The number of carbonyl (C=O) groups excluding carboxylic acids is 1. The molecule has 0 aliphatic heterocycles. The summed E-state index contributed by atoms with van der Waals surface area (Å²) in [5.41, 5.74) is 0.720. The maximum atomic E-state index is 13.5. The van der Waals surface area contributed by atoms with Crippen LogP contribution in [0.3, 0.4) is 0 Å². The first-order valence-electron chi connectivity index (χ1n) is 7.07. The van der Waals surface area contributed by atoms with Crippen molar-refractivity contribution in [3.63, 3.8) is 0 Å². The Hall–Kier alpha value is -2.30. The fourth-order valence-corrected chi connectivity index (χ4v) is 2.27. The summed E-state index contributed by atoms with van der Waals surface area (Å²) in [7, 11) is 0. The van der Waals surface area contributed by atoms with Gasteiger partial charge in [-0.25, -0.2) is 13.3 Å². The Morgan fingerprint density at radius 3 is 2.77 bits per heavy atom. The molecule has 0 fully saturated rings. The van der Waals surface area contributed by atoms with Gasteiger partial charge in [0.2, 0.25) is 0 Å². The van der Waals surface area contributed by atoms with Gasteiger partial charge in [-0.05, 0) is 30.7 Å². The second kappa shape index (κ2) is 6.22. The van der Waals surface area contributed by atoms with E-state index in [2.05, 4.69) is 5.10 Å². The number of fused-ring (bicyclic) bond motifs is 1. The van der Waals surface area contributed by atoms with E-state index in [1.54, 1.807) is 6.08 Å². The van der Waals surface area contributed by atoms with Crippen LogP contribution in [0.4, 0.5) is 8.78 Å². The van der Waals surface area contributed by atoms with Crippen LogP contribution >= 0.6 is 0 Å². The van der Waals surface area contributed by atoms with E-state index in [0.29, 0.717) is 29.5 Å². The van der Waals surface area contributed by atoms with Gasteiger partial charge in [-0.3, -0.25) is 4.79 Å². The number of allylic oxidation sites excluding steroid dienone is 4. The van der Waals surface area contributed by atoms with Crippen molar-refractivity contribution in [1.29, 1.82) is 0 Å². The van der Waals surface area contributed by atoms with Gasteiger partial charge in [0.15, 0.2) is 6.29 Å². The number of aromatic nitrogens is 2. The van der Waals surface area contributed by atoms with Crippen LogP contribution in [-0.2, 0) is 5.41 Å². The number of nitrogens with zero attached hydrogens (tertiary/aromatic N) is 2. The molecule has 0 radical (unpaired) electrons. The Bertz CT molecular complexity index is 757. The average molecular weight is 304 g/mol. The highest BCUT2D eigenvalue weighted by atomic mass is 19.1. The summed E-state index contributed by atoms with van der Waals surface area (Å²) >= 11 is 0. The molecule has 0 atom stereocenters. The van der Waals surface area contributed by atoms with Gasteiger partial charge >= 0.3 is 0 Å². The minimum absolute atomic E-state index is 0.335. The largest absolute Gasteiger partial charge is 0.298 e. The minimum Gasteiger partial charge on any atom is -0.298 e. The molecule has 0 aliphatic rings. The summed E-state index contributed by atoms with van der Waals surface area (Å²) in [5.74, 6) is -0.776. The van der Waals surface area contributed by atoms with Crippen molar-refractivity contribution >= 4 is 11.8 Å². The Morgan fingerprint density at radius 1 is 1.41 bits per heavy atom. The number of rotatable bonds is 5. The van der Waals surface area contributed by atoms with E-state index in [1.807, 2.05) is 20.8 Å². The zero-order valence-electron chi connectivity index (χ0n) is 12.8. The average Bonchev–Trinajstić information content (AvgIpc) is 2.84. The van der Waals surface area contributed by atoms with E-state index in [0.717, 1.165) is 0 Å². The second-order valence-corrected chi connectivity index (χ2v) is 5.61. The molecular formula is C17H18F2N2O. The first kappa shape index (κ1) is 16.1. The number of halogens is 2. The smallest absolute Gasteiger partial charge is 0.154 e. The van der Waals surface area contributed by atoms with Crippen LogP contribution in [0.2, 0.25) is 0 Å². The first-order valence-corrected chi connectivity index (χ1v) is 7.07. The fraction of sp³-hybridized carbons (Fsp3) is 0.294. The van der Waals surface area contributed by atoms with Crippen molar-refractivity contribution in [2.24, 2.45) is 0 Å². The first-order chi connectivity index (χ1) is 10.4. The molecule has 0 aliphatic carbocycles. The molecule has 0 bridgehead atoms. The van der Waals surface area contributed by atoms with Crippen molar-refractivity contribution in [2.45, 2.75) is 32.6 Å². The quantitative estimate of drug-likeness (QED) is 0.606. The molecule has 3 nitrogen and oxygen atoms in total. The van der Waals surface area contributed by atoms with Gasteiger partial charge in [0.1, 0.15) is 11.6 Å². The lowest BCUT2D eigenvalue weighted by molar-refractivity contribution is 0.112. The molecule has 0 saturated carbocycles. The van der Waals surface area contributed by atoms with Crippen LogP contribution in [-0.4, -0.2) is 15.9 Å². The van der Waals surface area contributed by atoms with Crippen molar-refractivity contribution in [1.82, 2.24) is 9.61 Å². The molecule has 0 aromatic carbocycles. The second-order valence-electron chi connectivity index (χ2n) is 5.61. The summed E-state index contributed by atoms with van der Waals surface area (Å²) in [4.78, 5) is 11.4. The number of hydrogen-bond donors (Lipinski definition) is 0. The van der Waals surface area contributed by atoms with E-state index in [-0.39, 0.29) is 5.83 Å². The molecule has 22 heavy (non-hydrogen) atoms. The van der Waals surface area contributed by atoms with E-state index < -0.39 is 11.2 Å². The van der Waals surface area contributed by atoms with E-state index in [1.165, 1.54) is 35.0 Å². The van der Waals surface area contributed by atoms with Crippen molar-refractivity contribution in [3.8, 4) is 0 Å². The maximum absolute atomic E-state index is 13.5. The molecule has 116 valence electrons. The Morgan fingerprint density at radius 2 is 2.14 bits per heavy atom.